The third-order valence-electron chi connectivity index (χ3n) is 2.81. The van der Waals surface area contributed by atoms with Crippen molar-refractivity contribution in [3.63, 3.8) is 0 Å². The zero-order valence-corrected chi connectivity index (χ0v) is 10.1. The van der Waals surface area contributed by atoms with Gasteiger partial charge < -0.3 is 9.52 Å². The van der Waals surface area contributed by atoms with Crippen LogP contribution >= 0.6 is 11.3 Å². The predicted octanol–water partition coefficient (Wildman–Crippen LogP) is 1.36. The fraction of sp³-hybridized carbons (Fsp3) is 0.455. The lowest BCUT2D eigenvalue weighted by molar-refractivity contribution is 0.171. The summed E-state index contributed by atoms with van der Waals surface area (Å²) in [5, 5.41) is 19.5. The van der Waals surface area contributed by atoms with Crippen LogP contribution in [0.15, 0.2) is 21.9 Å². The van der Waals surface area contributed by atoms with Gasteiger partial charge in [0.25, 0.3) is 5.89 Å². The van der Waals surface area contributed by atoms with Crippen LogP contribution < -0.4 is 0 Å². The first-order chi connectivity index (χ1) is 8.31. The van der Waals surface area contributed by atoms with Crippen LogP contribution in [0.4, 0.5) is 0 Å². The summed E-state index contributed by atoms with van der Waals surface area (Å²) >= 11 is 1.58. The second-order valence-corrected chi connectivity index (χ2v) is 5.10. The van der Waals surface area contributed by atoms with Gasteiger partial charge in [0.15, 0.2) is 0 Å². The Balaban J connectivity index is 1.69. The fourth-order valence-corrected chi connectivity index (χ4v) is 2.61. The summed E-state index contributed by atoms with van der Waals surface area (Å²) in [6.07, 6.45) is 0.612. The minimum Gasteiger partial charge on any atom is -0.419 e. The van der Waals surface area contributed by atoms with E-state index in [1.54, 1.807) is 11.3 Å². The average Bonchev–Trinajstić information content (AvgIpc) is 3.00. The maximum Gasteiger partial charge on any atom is 0.257 e. The van der Waals surface area contributed by atoms with Crippen LogP contribution in [0.3, 0.4) is 0 Å². The predicted molar refractivity (Wildman–Crippen MR) is 63.5 cm³/mol. The summed E-state index contributed by atoms with van der Waals surface area (Å²) in [4.78, 5) is 3.11. The van der Waals surface area contributed by atoms with Crippen molar-refractivity contribution in [2.45, 2.75) is 19.1 Å². The molecule has 90 valence electrons. The number of hydrogen-bond acceptors (Lipinski definition) is 6. The van der Waals surface area contributed by atoms with Crippen LogP contribution in [0.5, 0.6) is 0 Å². The number of nitrogens with zero attached hydrogens (tertiary/aromatic N) is 3. The molecule has 1 aliphatic heterocycles. The van der Waals surface area contributed by atoms with Crippen LogP contribution in [-0.4, -0.2) is 39.4 Å². The minimum atomic E-state index is -0.213. The van der Waals surface area contributed by atoms with E-state index >= 15 is 0 Å². The lowest BCUT2D eigenvalue weighted by Gasteiger charge is -2.10. The molecule has 1 N–H and O–H groups in total. The van der Waals surface area contributed by atoms with Crippen molar-refractivity contribution in [3.05, 3.63) is 23.4 Å². The second kappa shape index (κ2) is 4.56. The number of thiophene rings is 1. The number of aliphatic hydroxyl groups excluding tert-OH is 1. The van der Waals surface area contributed by atoms with Gasteiger partial charge in [0.2, 0.25) is 5.89 Å². The summed E-state index contributed by atoms with van der Waals surface area (Å²) < 4.78 is 5.59. The molecule has 0 spiro atoms. The SMILES string of the molecule is O[C@H]1CCN(Cc2nnc(-c3cccs3)o2)C1. The lowest BCUT2D eigenvalue weighted by atomic mass is 10.3. The van der Waals surface area contributed by atoms with E-state index in [0.29, 0.717) is 24.9 Å². The smallest absolute Gasteiger partial charge is 0.257 e. The second-order valence-electron chi connectivity index (χ2n) is 4.16. The van der Waals surface area contributed by atoms with Crippen molar-refractivity contribution < 1.29 is 9.52 Å². The molecule has 17 heavy (non-hydrogen) atoms. The molecule has 0 bridgehead atoms. The number of β-amino-alcohol motifs (C(OH)–C–C–N with tert-alkyl or cyclic N) is 1. The number of hydrogen-bond donors (Lipinski definition) is 1. The summed E-state index contributed by atoms with van der Waals surface area (Å²) in [5.74, 6) is 1.19. The number of aromatic nitrogens is 2. The van der Waals surface area contributed by atoms with Gasteiger partial charge in [0.1, 0.15) is 0 Å². The van der Waals surface area contributed by atoms with Crippen LogP contribution in [-0.2, 0) is 6.54 Å². The summed E-state index contributed by atoms with van der Waals surface area (Å²) in [6, 6.07) is 3.92. The lowest BCUT2D eigenvalue weighted by Crippen LogP contribution is -2.21. The van der Waals surface area contributed by atoms with Gasteiger partial charge in [-0.1, -0.05) is 6.07 Å². The van der Waals surface area contributed by atoms with Gasteiger partial charge in [-0.05, 0) is 17.9 Å². The van der Waals surface area contributed by atoms with E-state index in [1.807, 2.05) is 17.5 Å². The molecule has 0 amide bonds. The highest BCUT2D eigenvalue weighted by Gasteiger charge is 2.22. The molecule has 0 unspecified atom stereocenters. The van der Waals surface area contributed by atoms with Crippen molar-refractivity contribution in [1.29, 1.82) is 0 Å². The standard InChI is InChI=1S/C11H13N3O2S/c15-8-3-4-14(6-8)7-10-12-13-11(16-10)9-2-1-5-17-9/h1-2,5,8,15H,3-4,6-7H2/t8-/m0/s1. The van der Waals surface area contributed by atoms with E-state index < -0.39 is 0 Å². The molecule has 1 aliphatic rings. The number of aliphatic hydroxyl groups is 1. The zero-order chi connectivity index (χ0) is 11.7. The van der Waals surface area contributed by atoms with E-state index in [-0.39, 0.29) is 6.10 Å². The number of rotatable bonds is 3. The largest absolute Gasteiger partial charge is 0.419 e. The van der Waals surface area contributed by atoms with Gasteiger partial charge in [0, 0.05) is 13.1 Å². The third-order valence-corrected chi connectivity index (χ3v) is 3.66. The van der Waals surface area contributed by atoms with Gasteiger partial charge >= 0.3 is 0 Å². The van der Waals surface area contributed by atoms with Gasteiger partial charge in [-0.2, -0.15) is 0 Å². The Morgan fingerprint density at radius 2 is 2.47 bits per heavy atom. The monoisotopic (exact) mass is 251 g/mol. The quantitative estimate of drug-likeness (QED) is 0.892. The Morgan fingerprint density at radius 1 is 1.53 bits per heavy atom. The Kier molecular flexibility index (Phi) is 2.92. The molecule has 3 heterocycles. The molecule has 2 aromatic heterocycles. The molecule has 1 fully saturated rings. The van der Waals surface area contributed by atoms with Crippen molar-refractivity contribution in [2.75, 3.05) is 13.1 Å². The normalized spacial score (nSPS) is 21.1. The summed E-state index contributed by atoms with van der Waals surface area (Å²) in [5.41, 5.74) is 0. The molecular formula is C11H13N3O2S. The van der Waals surface area contributed by atoms with Gasteiger partial charge in [-0.25, -0.2) is 0 Å². The van der Waals surface area contributed by atoms with E-state index in [4.69, 9.17) is 4.42 Å². The average molecular weight is 251 g/mol. The molecule has 0 saturated carbocycles. The van der Waals surface area contributed by atoms with E-state index in [0.717, 1.165) is 17.8 Å². The van der Waals surface area contributed by atoms with Crippen molar-refractivity contribution in [3.8, 4) is 10.8 Å². The Hall–Kier alpha value is -1.24. The number of likely N-dealkylation sites (tertiary alicyclic amines) is 1. The Bertz CT molecular complexity index is 483. The van der Waals surface area contributed by atoms with Crippen LogP contribution in [0.25, 0.3) is 10.8 Å². The summed E-state index contributed by atoms with van der Waals surface area (Å²) in [7, 11) is 0. The maximum absolute atomic E-state index is 9.43. The highest BCUT2D eigenvalue weighted by atomic mass is 32.1. The molecule has 3 rings (SSSR count). The van der Waals surface area contributed by atoms with Crippen LogP contribution in [0, 0.1) is 0 Å². The molecular weight excluding hydrogens is 238 g/mol. The van der Waals surface area contributed by atoms with Crippen LogP contribution in [0.1, 0.15) is 12.3 Å². The topological polar surface area (TPSA) is 62.4 Å². The first-order valence-electron chi connectivity index (χ1n) is 5.58. The Morgan fingerprint density at radius 3 is 3.18 bits per heavy atom. The van der Waals surface area contributed by atoms with E-state index in [9.17, 15) is 5.11 Å². The first-order valence-corrected chi connectivity index (χ1v) is 6.46. The molecule has 1 saturated heterocycles. The fourth-order valence-electron chi connectivity index (χ4n) is 1.96. The molecule has 1 atom stereocenters. The highest BCUT2D eigenvalue weighted by molar-refractivity contribution is 7.13. The van der Waals surface area contributed by atoms with Crippen molar-refractivity contribution in [1.82, 2.24) is 15.1 Å². The third kappa shape index (κ3) is 2.38. The van der Waals surface area contributed by atoms with Crippen molar-refractivity contribution in [2.24, 2.45) is 0 Å². The molecule has 0 aliphatic carbocycles. The zero-order valence-electron chi connectivity index (χ0n) is 9.24. The van der Waals surface area contributed by atoms with Crippen molar-refractivity contribution >= 4 is 11.3 Å². The molecule has 2 aromatic rings. The van der Waals surface area contributed by atoms with Gasteiger partial charge in [0.05, 0.1) is 17.5 Å². The van der Waals surface area contributed by atoms with E-state index in [1.165, 1.54) is 0 Å². The first kappa shape index (κ1) is 10.9. The highest BCUT2D eigenvalue weighted by Crippen LogP contribution is 2.23. The van der Waals surface area contributed by atoms with Gasteiger partial charge in [-0.15, -0.1) is 21.5 Å². The maximum atomic E-state index is 9.43. The molecule has 6 heteroatoms. The molecule has 0 aromatic carbocycles. The summed E-state index contributed by atoms with van der Waals surface area (Å²) in [6.45, 7) is 2.20. The molecule has 0 radical (unpaired) electrons. The minimum absolute atomic E-state index is 0.213. The Labute approximate surface area is 103 Å². The van der Waals surface area contributed by atoms with Gasteiger partial charge in [-0.3, -0.25) is 4.90 Å². The molecule has 5 nitrogen and oxygen atoms in total. The van der Waals surface area contributed by atoms with Crippen LogP contribution in [0.2, 0.25) is 0 Å². The van der Waals surface area contributed by atoms with E-state index in [2.05, 4.69) is 15.1 Å².